The van der Waals surface area contributed by atoms with Gasteiger partial charge in [-0.3, -0.25) is 0 Å². The van der Waals surface area contributed by atoms with Crippen LogP contribution in [0.15, 0.2) is 42.7 Å². The summed E-state index contributed by atoms with van der Waals surface area (Å²) in [5, 5.41) is 6.25. The Labute approximate surface area is 109 Å². The van der Waals surface area contributed by atoms with Gasteiger partial charge in [0.25, 0.3) is 0 Å². The first-order valence-corrected chi connectivity index (χ1v) is 5.71. The van der Waals surface area contributed by atoms with E-state index in [-0.39, 0.29) is 5.82 Å². The predicted molar refractivity (Wildman–Crippen MR) is 71.5 cm³/mol. The van der Waals surface area contributed by atoms with Crippen LogP contribution in [0.1, 0.15) is 5.56 Å². The summed E-state index contributed by atoms with van der Waals surface area (Å²) < 4.78 is 12.7. The van der Waals surface area contributed by atoms with E-state index in [1.807, 2.05) is 0 Å². The average molecular weight is 262 g/mol. The van der Waals surface area contributed by atoms with Gasteiger partial charge in [0.2, 0.25) is 5.95 Å². The van der Waals surface area contributed by atoms with E-state index < -0.39 is 0 Å². The summed E-state index contributed by atoms with van der Waals surface area (Å²) in [7, 11) is 0. The zero-order valence-corrected chi connectivity index (χ0v) is 10.2. The number of rotatable bonds is 3. The second-order valence-electron chi connectivity index (χ2n) is 3.51. The molecule has 0 aliphatic carbocycles. The summed E-state index contributed by atoms with van der Waals surface area (Å²) in [4.78, 5) is 7.97. The first kappa shape index (κ1) is 12.4. The van der Waals surface area contributed by atoms with E-state index in [9.17, 15) is 4.39 Å². The van der Waals surface area contributed by atoms with E-state index in [0.29, 0.717) is 17.6 Å². The largest absolute Gasteiger partial charge is 0.358 e. The molecule has 0 aliphatic heterocycles. The molecule has 0 bridgehead atoms. The lowest BCUT2D eigenvalue weighted by Gasteiger charge is -2.08. The van der Waals surface area contributed by atoms with Crippen molar-refractivity contribution < 1.29 is 4.39 Å². The SMILES string of the molecule is Fc1ccc(CNC(=S)Nc2ncccn2)cc1. The lowest BCUT2D eigenvalue weighted by Crippen LogP contribution is -2.28. The van der Waals surface area contributed by atoms with Gasteiger partial charge in [-0.1, -0.05) is 12.1 Å². The van der Waals surface area contributed by atoms with Gasteiger partial charge in [0.15, 0.2) is 5.11 Å². The summed E-state index contributed by atoms with van der Waals surface area (Å²) in [5.74, 6) is 0.186. The van der Waals surface area contributed by atoms with Gasteiger partial charge in [-0.25, -0.2) is 14.4 Å². The molecule has 6 heteroatoms. The molecule has 2 aromatic rings. The Balaban J connectivity index is 1.83. The van der Waals surface area contributed by atoms with Crippen LogP contribution in [-0.4, -0.2) is 15.1 Å². The molecule has 0 radical (unpaired) electrons. The second kappa shape index (κ2) is 6.02. The molecule has 0 unspecified atom stereocenters. The normalized spacial score (nSPS) is 9.83. The van der Waals surface area contributed by atoms with E-state index in [4.69, 9.17) is 12.2 Å². The summed E-state index contributed by atoms with van der Waals surface area (Å²) >= 11 is 5.08. The molecular formula is C12H11FN4S. The van der Waals surface area contributed by atoms with E-state index >= 15 is 0 Å². The fraction of sp³-hybridized carbons (Fsp3) is 0.0833. The Hall–Kier alpha value is -2.08. The van der Waals surface area contributed by atoms with Crippen molar-refractivity contribution in [2.45, 2.75) is 6.54 Å². The van der Waals surface area contributed by atoms with E-state index in [1.165, 1.54) is 12.1 Å². The van der Waals surface area contributed by atoms with Crippen molar-refractivity contribution in [3.05, 3.63) is 54.1 Å². The molecule has 0 atom stereocenters. The van der Waals surface area contributed by atoms with Crippen molar-refractivity contribution in [2.24, 2.45) is 0 Å². The Kier molecular flexibility index (Phi) is 4.14. The molecule has 1 aromatic carbocycles. The van der Waals surface area contributed by atoms with Gasteiger partial charge in [0, 0.05) is 18.9 Å². The van der Waals surface area contributed by atoms with Gasteiger partial charge >= 0.3 is 0 Å². The number of thiocarbonyl (C=S) groups is 1. The number of halogens is 1. The van der Waals surface area contributed by atoms with Crippen LogP contribution in [0.5, 0.6) is 0 Å². The number of aromatic nitrogens is 2. The first-order chi connectivity index (χ1) is 8.74. The molecule has 0 amide bonds. The van der Waals surface area contributed by atoms with Gasteiger partial charge in [0.1, 0.15) is 5.82 Å². The molecule has 4 nitrogen and oxygen atoms in total. The zero-order valence-electron chi connectivity index (χ0n) is 9.43. The quantitative estimate of drug-likeness (QED) is 0.830. The van der Waals surface area contributed by atoms with Crippen LogP contribution in [0.4, 0.5) is 10.3 Å². The molecule has 92 valence electrons. The van der Waals surface area contributed by atoms with Gasteiger partial charge in [-0.15, -0.1) is 0 Å². The maximum absolute atomic E-state index is 12.7. The summed E-state index contributed by atoms with van der Waals surface area (Å²) in [6.45, 7) is 0.513. The van der Waals surface area contributed by atoms with E-state index in [1.54, 1.807) is 30.6 Å². The number of nitrogens with one attached hydrogen (secondary N) is 2. The highest BCUT2D eigenvalue weighted by Crippen LogP contribution is 2.02. The Morgan fingerprint density at radius 3 is 2.50 bits per heavy atom. The second-order valence-corrected chi connectivity index (χ2v) is 3.91. The van der Waals surface area contributed by atoms with Crippen LogP contribution < -0.4 is 10.6 Å². The molecule has 0 saturated heterocycles. The topological polar surface area (TPSA) is 49.8 Å². The van der Waals surface area contributed by atoms with Crippen molar-refractivity contribution in [3.8, 4) is 0 Å². The number of hydrogen-bond donors (Lipinski definition) is 2. The molecule has 1 heterocycles. The number of nitrogens with zero attached hydrogens (tertiary/aromatic N) is 2. The predicted octanol–water partition coefficient (Wildman–Crippen LogP) is 2.10. The average Bonchev–Trinajstić information content (AvgIpc) is 2.39. The highest BCUT2D eigenvalue weighted by Gasteiger charge is 1.99. The lowest BCUT2D eigenvalue weighted by atomic mass is 10.2. The van der Waals surface area contributed by atoms with Crippen molar-refractivity contribution >= 4 is 23.3 Å². The number of anilines is 1. The smallest absolute Gasteiger partial charge is 0.228 e. The van der Waals surface area contributed by atoms with Crippen LogP contribution in [0.3, 0.4) is 0 Å². The van der Waals surface area contributed by atoms with E-state index in [2.05, 4.69) is 20.6 Å². The molecular weight excluding hydrogens is 251 g/mol. The maximum atomic E-state index is 12.7. The summed E-state index contributed by atoms with van der Waals surface area (Å²) in [6, 6.07) is 7.94. The molecule has 2 rings (SSSR count). The highest BCUT2D eigenvalue weighted by atomic mass is 32.1. The Bertz CT molecular complexity index is 515. The van der Waals surface area contributed by atoms with Crippen LogP contribution in [0, 0.1) is 5.82 Å². The van der Waals surface area contributed by atoms with Crippen LogP contribution in [-0.2, 0) is 6.54 Å². The van der Waals surface area contributed by atoms with Gasteiger partial charge in [-0.2, -0.15) is 0 Å². The van der Waals surface area contributed by atoms with Crippen molar-refractivity contribution in [2.75, 3.05) is 5.32 Å². The molecule has 2 N–H and O–H groups in total. The minimum atomic E-state index is -0.253. The van der Waals surface area contributed by atoms with E-state index in [0.717, 1.165) is 5.56 Å². The number of benzene rings is 1. The van der Waals surface area contributed by atoms with Crippen molar-refractivity contribution in [3.63, 3.8) is 0 Å². The van der Waals surface area contributed by atoms with Crippen molar-refractivity contribution in [1.82, 2.24) is 15.3 Å². The molecule has 0 saturated carbocycles. The third-order valence-electron chi connectivity index (χ3n) is 2.16. The third kappa shape index (κ3) is 3.74. The minimum Gasteiger partial charge on any atom is -0.358 e. The molecule has 1 aromatic heterocycles. The fourth-order valence-electron chi connectivity index (χ4n) is 1.29. The molecule has 0 aliphatic rings. The Morgan fingerprint density at radius 2 is 1.83 bits per heavy atom. The Morgan fingerprint density at radius 1 is 1.17 bits per heavy atom. The van der Waals surface area contributed by atoms with Crippen LogP contribution in [0.2, 0.25) is 0 Å². The number of hydrogen-bond acceptors (Lipinski definition) is 3. The lowest BCUT2D eigenvalue weighted by molar-refractivity contribution is 0.627. The van der Waals surface area contributed by atoms with Crippen LogP contribution in [0.25, 0.3) is 0 Å². The highest BCUT2D eigenvalue weighted by molar-refractivity contribution is 7.80. The first-order valence-electron chi connectivity index (χ1n) is 5.30. The zero-order chi connectivity index (χ0) is 12.8. The standard InChI is InChI=1S/C12H11FN4S/c13-10-4-2-9(3-5-10)8-16-12(18)17-11-14-6-1-7-15-11/h1-7H,8H2,(H2,14,15,16,17,18). The fourth-order valence-corrected chi connectivity index (χ4v) is 1.46. The van der Waals surface area contributed by atoms with Gasteiger partial charge in [0.05, 0.1) is 0 Å². The monoisotopic (exact) mass is 262 g/mol. The summed E-state index contributed by atoms with van der Waals surface area (Å²) in [5.41, 5.74) is 0.939. The van der Waals surface area contributed by atoms with Gasteiger partial charge < -0.3 is 10.6 Å². The maximum Gasteiger partial charge on any atom is 0.228 e. The van der Waals surface area contributed by atoms with Crippen LogP contribution >= 0.6 is 12.2 Å². The molecule has 0 spiro atoms. The summed E-state index contributed by atoms with van der Waals surface area (Å²) in [6.07, 6.45) is 3.25. The third-order valence-corrected chi connectivity index (χ3v) is 2.40. The molecule has 0 fully saturated rings. The minimum absolute atomic E-state index is 0.253. The van der Waals surface area contributed by atoms with Crippen molar-refractivity contribution in [1.29, 1.82) is 0 Å². The van der Waals surface area contributed by atoms with Gasteiger partial charge in [-0.05, 0) is 36.0 Å². The molecule has 18 heavy (non-hydrogen) atoms.